The van der Waals surface area contributed by atoms with E-state index in [2.05, 4.69) is 4.98 Å². The summed E-state index contributed by atoms with van der Waals surface area (Å²) in [6.07, 6.45) is 3.76. The molecule has 1 aromatic heterocycles. The topological polar surface area (TPSA) is 16.8 Å². The fourth-order valence-electron chi connectivity index (χ4n) is 0.517. The molecule has 0 aliphatic carbocycles. The third kappa shape index (κ3) is 0.832. The Labute approximate surface area is 48.8 Å². The van der Waals surface area contributed by atoms with E-state index in [1.54, 1.807) is 6.20 Å². The van der Waals surface area contributed by atoms with Gasteiger partial charge in [-0.15, -0.1) is 0 Å². The van der Waals surface area contributed by atoms with E-state index in [1.807, 2.05) is 30.8 Å². The molecular weight excluding hydrogens is 100 g/mol. The predicted molar refractivity (Wildman–Crippen MR) is 30.1 cm³/mol. The number of aryl methyl sites for hydroxylation is 2. The van der Waals surface area contributed by atoms with Crippen LogP contribution in [0.1, 0.15) is 5.82 Å². The Morgan fingerprint density at radius 1 is 1.62 bits per heavy atom. The van der Waals surface area contributed by atoms with Gasteiger partial charge >= 0.3 is 0 Å². The van der Waals surface area contributed by atoms with E-state index in [4.69, 9.17) is 0 Å². The third-order valence-electron chi connectivity index (χ3n) is 1.17. The lowest BCUT2D eigenvalue weighted by Gasteiger charge is -1.86. The molecule has 0 bridgehead atoms. The number of aromatic nitrogens is 2. The Morgan fingerprint density at radius 2 is 2.38 bits per heavy atom. The van der Waals surface area contributed by atoms with Gasteiger partial charge in [0.15, 0.2) is 0 Å². The molecule has 0 amide bonds. The summed E-state index contributed by atoms with van der Waals surface area (Å²) >= 11 is 0. The van der Waals surface area contributed by atoms with Crippen molar-refractivity contribution in [1.82, 2.24) is 4.98 Å². The zero-order valence-electron chi connectivity index (χ0n) is 5.13. The molecule has 0 fully saturated rings. The van der Waals surface area contributed by atoms with Crippen LogP contribution in [0.4, 0.5) is 0 Å². The number of hydrogen-bond donors (Lipinski definition) is 0. The van der Waals surface area contributed by atoms with E-state index < -0.39 is 0 Å². The van der Waals surface area contributed by atoms with Gasteiger partial charge in [0.25, 0.3) is 5.82 Å². The predicted octanol–water partition coefficient (Wildman–Crippen LogP) is 0.215. The second-order valence-electron chi connectivity index (χ2n) is 1.78. The van der Waals surface area contributed by atoms with E-state index in [0.717, 1.165) is 5.82 Å². The smallest absolute Gasteiger partial charge is 0.238 e. The molecule has 0 atom stereocenters. The maximum absolute atomic E-state index is 4.04. The fraction of sp³-hybridized carbons (Fsp3) is 0.333. The standard InChI is InChI=1S/C6H9N2/c1-6-7-4-3-5-8(6)2/h3-5H,1-2H3/q+1. The van der Waals surface area contributed by atoms with Crippen LogP contribution in [0.25, 0.3) is 0 Å². The lowest BCUT2D eigenvalue weighted by molar-refractivity contribution is -0.681. The zero-order valence-corrected chi connectivity index (χ0v) is 5.13. The number of nitrogens with zero attached hydrogens (tertiary/aromatic N) is 2. The van der Waals surface area contributed by atoms with Crippen LogP contribution in [0.15, 0.2) is 18.5 Å². The largest absolute Gasteiger partial charge is 0.294 e. The summed E-state index contributed by atoms with van der Waals surface area (Å²) in [6, 6.07) is 1.91. The van der Waals surface area contributed by atoms with Crippen LogP contribution in [0.3, 0.4) is 0 Å². The lowest BCUT2D eigenvalue weighted by atomic mass is 10.6. The van der Waals surface area contributed by atoms with Gasteiger partial charge in [-0.05, 0) is 0 Å². The molecule has 8 heavy (non-hydrogen) atoms. The Hall–Kier alpha value is -0.920. The monoisotopic (exact) mass is 109 g/mol. The summed E-state index contributed by atoms with van der Waals surface area (Å²) in [4.78, 5) is 4.04. The Balaban J connectivity index is 3.13. The molecule has 0 aliphatic heterocycles. The van der Waals surface area contributed by atoms with Gasteiger partial charge in [-0.1, -0.05) is 4.98 Å². The molecular formula is C6H9N2+. The molecule has 1 aromatic rings. The van der Waals surface area contributed by atoms with E-state index >= 15 is 0 Å². The first kappa shape index (κ1) is 5.22. The second-order valence-corrected chi connectivity index (χ2v) is 1.78. The summed E-state index contributed by atoms with van der Waals surface area (Å²) in [6.45, 7) is 1.97. The van der Waals surface area contributed by atoms with E-state index in [1.165, 1.54) is 0 Å². The second kappa shape index (κ2) is 1.90. The average Bonchev–Trinajstić information content (AvgIpc) is 1.77. The van der Waals surface area contributed by atoms with Gasteiger partial charge in [0.05, 0.1) is 13.2 Å². The molecule has 2 heteroatoms. The van der Waals surface area contributed by atoms with E-state index in [-0.39, 0.29) is 0 Å². The van der Waals surface area contributed by atoms with Gasteiger partial charge in [0.1, 0.15) is 6.20 Å². The molecule has 0 saturated heterocycles. The molecule has 0 unspecified atom stereocenters. The van der Waals surface area contributed by atoms with Crippen molar-refractivity contribution in [3.8, 4) is 0 Å². The highest BCUT2D eigenvalue weighted by Gasteiger charge is 1.94. The third-order valence-corrected chi connectivity index (χ3v) is 1.17. The van der Waals surface area contributed by atoms with Crippen LogP contribution in [0.5, 0.6) is 0 Å². The minimum absolute atomic E-state index is 1.03. The Morgan fingerprint density at radius 3 is 2.75 bits per heavy atom. The van der Waals surface area contributed by atoms with Crippen molar-refractivity contribution in [1.29, 1.82) is 0 Å². The molecule has 0 aromatic carbocycles. The van der Waals surface area contributed by atoms with Crippen LogP contribution in [-0.4, -0.2) is 4.98 Å². The number of rotatable bonds is 0. The molecule has 42 valence electrons. The highest BCUT2D eigenvalue weighted by Crippen LogP contribution is 1.75. The molecule has 0 spiro atoms. The lowest BCUT2D eigenvalue weighted by Crippen LogP contribution is -2.31. The average molecular weight is 109 g/mol. The zero-order chi connectivity index (χ0) is 5.98. The molecule has 0 saturated carbocycles. The van der Waals surface area contributed by atoms with Crippen LogP contribution in [0, 0.1) is 6.92 Å². The number of hydrogen-bond acceptors (Lipinski definition) is 1. The van der Waals surface area contributed by atoms with Gasteiger partial charge in [-0.25, -0.2) is 4.57 Å². The van der Waals surface area contributed by atoms with Crippen molar-refractivity contribution in [2.45, 2.75) is 6.92 Å². The quantitative estimate of drug-likeness (QED) is 0.435. The molecule has 1 rings (SSSR count). The first-order valence-electron chi connectivity index (χ1n) is 2.58. The minimum Gasteiger partial charge on any atom is -0.238 e. The normalized spacial score (nSPS) is 9.25. The highest BCUT2D eigenvalue weighted by atomic mass is 15.0. The molecule has 0 radical (unpaired) electrons. The first-order valence-corrected chi connectivity index (χ1v) is 2.58. The van der Waals surface area contributed by atoms with Crippen molar-refractivity contribution in [2.75, 3.05) is 0 Å². The van der Waals surface area contributed by atoms with Gasteiger partial charge < -0.3 is 0 Å². The minimum atomic E-state index is 1.03. The van der Waals surface area contributed by atoms with Crippen LogP contribution in [-0.2, 0) is 7.05 Å². The summed E-state index contributed by atoms with van der Waals surface area (Å²) in [5, 5.41) is 0. The van der Waals surface area contributed by atoms with Crippen molar-refractivity contribution >= 4 is 0 Å². The van der Waals surface area contributed by atoms with Gasteiger partial charge in [-0.3, -0.25) is 0 Å². The summed E-state index contributed by atoms with van der Waals surface area (Å²) < 4.78 is 1.97. The molecule has 0 N–H and O–H groups in total. The maximum atomic E-state index is 4.04. The SMILES string of the molecule is Cc1nccc[n+]1C. The van der Waals surface area contributed by atoms with Crippen molar-refractivity contribution < 1.29 is 4.57 Å². The Bertz CT molecular complexity index is 163. The molecule has 1 heterocycles. The van der Waals surface area contributed by atoms with Crippen molar-refractivity contribution in [3.63, 3.8) is 0 Å². The van der Waals surface area contributed by atoms with Gasteiger partial charge in [-0.2, -0.15) is 0 Å². The van der Waals surface area contributed by atoms with Crippen LogP contribution < -0.4 is 4.57 Å². The molecule has 0 aliphatic rings. The highest BCUT2D eigenvalue weighted by molar-refractivity contribution is 4.75. The summed E-state index contributed by atoms with van der Waals surface area (Å²) in [7, 11) is 1.97. The van der Waals surface area contributed by atoms with Crippen LogP contribution in [0.2, 0.25) is 0 Å². The first-order chi connectivity index (χ1) is 3.80. The van der Waals surface area contributed by atoms with Gasteiger partial charge in [0, 0.05) is 13.0 Å². The van der Waals surface area contributed by atoms with Gasteiger partial charge in [0.2, 0.25) is 0 Å². The molecule has 2 nitrogen and oxygen atoms in total. The van der Waals surface area contributed by atoms with E-state index in [0.29, 0.717) is 0 Å². The van der Waals surface area contributed by atoms with Crippen molar-refractivity contribution in [3.05, 3.63) is 24.3 Å². The maximum Gasteiger partial charge on any atom is 0.294 e. The van der Waals surface area contributed by atoms with Crippen LogP contribution >= 0.6 is 0 Å². The van der Waals surface area contributed by atoms with E-state index in [9.17, 15) is 0 Å². The summed E-state index contributed by atoms with van der Waals surface area (Å²) in [5.74, 6) is 1.03. The fourth-order valence-corrected chi connectivity index (χ4v) is 0.517. The van der Waals surface area contributed by atoms with Crippen molar-refractivity contribution in [2.24, 2.45) is 7.05 Å². The Kier molecular flexibility index (Phi) is 1.24. The summed E-state index contributed by atoms with van der Waals surface area (Å²) in [5.41, 5.74) is 0.